The summed E-state index contributed by atoms with van der Waals surface area (Å²) in [7, 11) is 4.55. The Labute approximate surface area is 266 Å². The average molecular weight is 592 g/mol. The van der Waals surface area contributed by atoms with Crippen LogP contribution < -0.4 is 12.4 Å². The first-order chi connectivity index (χ1) is 19.6. The van der Waals surface area contributed by atoms with Gasteiger partial charge in [-0.3, -0.25) is 4.48 Å². The van der Waals surface area contributed by atoms with Gasteiger partial charge in [0, 0.05) is 0 Å². The van der Waals surface area contributed by atoms with Crippen molar-refractivity contribution in [2.45, 2.75) is 181 Å². The molecule has 242 valence electrons. The lowest BCUT2D eigenvalue weighted by atomic mass is 10.0. The van der Waals surface area contributed by atoms with Gasteiger partial charge in [-0.25, -0.2) is 0 Å². The summed E-state index contributed by atoms with van der Waals surface area (Å²) >= 11 is 0. The molecule has 0 aliphatic carbocycles. The first-order valence-electron chi connectivity index (χ1n) is 18.1. The molecular formula is C39H74ClN. The van der Waals surface area contributed by atoms with E-state index in [9.17, 15) is 0 Å². The van der Waals surface area contributed by atoms with Gasteiger partial charge in [-0.05, 0) is 37.8 Å². The Hall–Kier alpha value is -0.790. The van der Waals surface area contributed by atoms with Crippen molar-refractivity contribution in [2.24, 2.45) is 0 Å². The Balaban J connectivity index is 0. The molecule has 0 heterocycles. The van der Waals surface area contributed by atoms with Crippen LogP contribution in [0.3, 0.4) is 0 Å². The van der Waals surface area contributed by atoms with Crippen molar-refractivity contribution in [1.29, 1.82) is 0 Å². The number of hydrogen-bond acceptors (Lipinski definition) is 0. The van der Waals surface area contributed by atoms with Crippen LogP contribution in [0.4, 0.5) is 0 Å². The average Bonchev–Trinajstić information content (AvgIpc) is 2.94. The smallest absolute Gasteiger partial charge is 0.101 e. The highest BCUT2D eigenvalue weighted by Crippen LogP contribution is 2.14. The van der Waals surface area contributed by atoms with Crippen molar-refractivity contribution < 1.29 is 16.9 Å². The van der Waals surface area contributed by atoms with Gasteiger partial charge in [0.15, 0.2) is 0 Å². The van der Waals surface area contributed by atoms with Crippen LogP contribution in [0.2, 0.25) is 0 Å². The zero-order valence-corrected chi connectivity index (χ0v) is 29.3. The fraction of sp³-hybridized carbons (Fsp3) is 0.795. The molecule has 0 spiro atoms. The monoisotopic (exact) mass is 592 g/mol. The molecule has 0 saturated carbocycles. The van der Waals surface area contributed by atoms with E-state index >= 15 is 0 Å². The molecule has 0 fully saturated rings. The summed E-state index contributed by atoms with van der Waals surface area (Å²) < 4.78 is 0.895. The molecule has 1 nitrogen and oxygen atoms in total. The van der Waals surface area contributed by atoms with Crippen molar-refractivity contribution in [3.05, 3.63) is 48.7 Å². The van der Waals surface area contributed by atoms with Gasteiger partial charge in [-0.15, -0.1) is 0 Å². The van der Waals surface area contributed by atoms with E-state index in [-0.39, 0.29) is 12.4 Å². The van der Waals surface area contributed by atoms with E-state index in [4.69, 9.17) is 0 Å². The summed E-state index contributed by atoms with van der Waals surface area (Å²) in [5.41, 5.74) is 0. The number of likely N-dealkylation sites (N-methyl/N-ethyl adjacent to an activating group) is 1. The number of unbranched alkanes of at least 4 members (excludes halogenated alkanes) is 24. The molecule has 0 aliphatic heterocycles. The molecule has 0 rings (SSSR count). The van der Waals surface area contributed by atoms with E-state index in [0.29, 0.717) is 0 Å². The van der Waals surface area contributed by atoms with Crippen LogP contribution in [-0.2, 0) is 0 Å². The third-order valence-corrected chi connectivity index (χ3v) is 8.14. The number of hydrogen-bond donors (Lipinski definition) is 0. The van der Waals surface area contributed by atoms with Gasteiger partial charge in [0.1, 0.15) is 6.54 Å². The lowest BCUT2D eigenvalue weighted by Crippen LogP contribution is -3.00. The number of quaternary nitrogens is 1. The Bertz CT molecular complexity index is 601. The van der Waals surface area contributed by atoms with Gasteiger partial charge in [-0.2, -0.15) is 0 Å². The Kier molecular flexibility index (Phi) is 36.6. The van der Waals surface area contributed by atoms with Gasteiger partial charge < -0.3 is 12.4 Å². The van der Waals surface area contributed by atoms with Gasteiger partial charge in [0.25, 0.3) is 0 Å². The third-order valence-electron chi connectivity index (χ3n) is 8.14. The molecule has 0 bridgehead atoms. The van der Waals surface area contributed by atoms with Crippen molar-refractivity contribution in [3.63, 3.8) is 0 Å². The van der Waals surface area contributed by atoms with Crippen molar-refractivity contribution in [1.82, 2.24) is 0 Å². The summed E-state index contributed by atoms with van der Waals surface area (Å²) in [4.78, 5) is 0. The van der Waals surface area contributed by atoms with Crippen molar-refractivity contribution >= 4 is 0 Å². The molecule has 41 heavy (non-hydrogen) atoms. The molecule has 0 N–H and O–H groups in total. The summed E-state index contributed by atoms with van der Waals surface area (Å²) in [6.07, 6.45) is 54.9. The summed E-state index contributed by atoms with van der Waals surface area (Å²) in [6.45, 7) is 5.63. The lowest BCUT2D eigenvalue weighted by molar-refractivity contribution is -0.832. The van der Waals surface area contributed by atoms with Crippen LogP contribution in [0.1, 0.15) is 181 Å². The Morgan fingerprint density at radius 2 is 0.659 bits per heavy atom. The van der Waals surface area contributed by atoms with Crippen LogP contribution in [0, 0.1) is 0 Å². The summed E-state index contributed by atoms with van der Waals surface area (Å²) in [6, 6.07) is 0. The van der Waals surface area contributed by atoms with E-state index in [1.54, 1.807) is 0 Å². The van der Waals surface area contributed by atoms with E-state index in [0.717, 1.165) is 11.0 Å². The molecule has 0 aromatic heterocycles. The van der Waals surface area contributed by atoms with Gasteiger partial charge >= 0.3 is 0 Å². The second kappa shape index (κ2) is 35.4. The molecule has 0 aromatic carbocycles. The van der Waals surface area contributed by atoms with Crippen LogP contribution in [0.25, 0.3) is 0 Å². The fourth-order valence-electron chi connectivity index (χ4n) is 5.31. The van der Waals surface area contributed by atoms with Gasteiger partial charge in [0.05, 0.1) is 20.3 Å². The van der Waals surface area contributed by atoms with Crippen LogP contribution >= 0.6 is 0 Å². The highest BCUT2D eigenvalue weighted by atomic mass is 35.5. The summed E-state index contributed by atoms with van der Waals surface area (Å²) in [5.74, 6) is 0. The fourth-order valence-corrected chi connectivity index (χ4v) is 5.31. The molecule has 0 saturated heterocycles. The maximum absolute atomic E-state index is 2.35. The van der Waals surface area contributed by atoms with Gasteiger partial charge in [0.2, 0.25) is 0 Å². The Morgan fingerprint density at radius 1 is 0.366 bits per heavy atom. The Morgan fingerprint density at radius 3 is 1.02 bits per heavy atom. The van der Waals surface area contributed by atoms with Crippen molar-refractivity contribution in [2.75, 3.05) is 20.6 Å². The van der Waals surface area contributed by atoms with E-state index < -0.39 is 0 Å². The van der Waals surface area contributed by atoms with Crippen LogP contribution in [-0.4, -0.2) is 25.1 Å². The van der Waals surface area contributed by atoms with Crippen LogP contribution in [0.15, 0.2) is 48.7 Å². The maximum Gasteiger partial charge on any atom is 0.101 e. The maximum atomic E-state index is 2.35. The molecule has 0 atom stereocenters. The molecule has 0 amide bonds. The minimum Gasteiger partial charge on any atom is -1.00 e. The lowest BCUT2D eigenvalue weighted by Gasteiger charge is -2.22. The normalized spacial score (nSPS) is 12.5. The topological polar surface area (TPSA) is 0 Å². The predicted molar refractivity (Wildman–Crippen MR) is 185 cm³/mol. The van der Waals surface area contributed by atoms with Crippen LogP contribution in [0.5, 0.6) is 0 Å². The number of nitrogens with zero attached hydrogens (tertiary/aromatic N) is 1. The molecule has 0 aromatic rings. The van der Waals surface area contributed by atoms with Gasteiger partial charge in [-0.1, -0.05) is 185 Å². The first kappa shape index (κ1) is 42.3. The number of halogens is 1. The molecule has 2 heteroatoms. The minimum absolute atomic E-state index is 0. The highest BCUT2D eigenvalue weighted by molar-refractivity contribution is 5.03. The predicted octanol–water partition coefficient (Wildman–Crippen LogP) is 10.4. The SMILES string of the molecule is CCCCCCCCCCCCCCC=CC=CC[N+](C)(C)C=CC=CCCCCCCCCCCCCCC.[Cl-]. The second-order valence-electron chi connectivity index (χ2n) is 12.9. The molecular weight excluding hydrogens is 518 g/mol. The first-order valence-corrected chi connectivity index (χ1v) is 18.1. The summed E-state index contributed by atoms with van der Waals surface area (Å²) in [5, 5.41) is 0. The van der Waals surface area contributed by atoms with E-state index in [1.807, 2.05) is 0 Å². The minimum atomic E-state index is 0. The highest BCUT2D eigenvalue weighted by Gasteiger charge is 2.06. The standard InChI is InChI=1S/C39H74N.ClH/c1-5-7-9-11-13-15-17-19-21-23-25-27-29-31-33-35-37-39-40(3,4)38-36-34-32-30-28-26-24-22-20-18-16-14-12-10-8-6-2;/h31-38H,5-30,39H2,1-4H3;1H/q+1;/p-1. The molecule has 0 radical (unpaired) electrons. The third kappa shape index (κ3) is 37.2. The second-order valence-corrected chi connectivity index (χ2v) is 12.9. The zero-order valence-electron chi connectivity index (χ0n) is 28.5. The van der Waals surface area contributed by atoms with E-state index in [1.165, 1.54) is 167 Å². The van der Waals surface area contributed by atoms with E-state index in [2.05, 4.69) is 76.7 Å². The molecule has 0 unspecified atom stereocenters. The quantitative estimate of drug-likeness (QED) is 0.0427. The zero-order chi connectivity index (χ0) is 29.2. The molecule has 0 aliphatic rings. The van der Waals surface area contributed by atoms with Crippen molar-refractivity contribution in [3.8, 4) is 0 Å². The number of allylic oxidation sites excluding steroid dienone is 6. The number of rotatable bonds is 31. The largest absolute Gasteiger partial charge is 1.00 e.